The fourth-order valence-corrected chi connectivity index (χ4v) is 9.80. The van der Waals surface area contributed by atoms with Gasteiger partial charge < -0.3 is 33.6 Å². The Hall–Kier alpha value is -2.76. The number of furan rings is 1. The minimum absolute atomic E-state index is 0.00987. The highest BCUT2D eigenvalue weighted by Gasteiger charge is 2.91. The van der Waals surface area contributed by atoms with Crippen molar-refractivity contribution in [3.63, 3.8) is 0 Å². The van der Waals surface area contributed by atoms with E-state index in [4.69, 9.17) is 23.4 Å². The number of hydrogen-bond acceptors (Lipinski definition) is 11. The monoisotopic (exact) mass is 560 g/mol. The molecule has 11 heteroatoms. The highest BCUT2D eigenvalue weighted by molar-refractivity contribution is 5.99. The molecule has 5 aliphatic rings. The van der Waals surface area contributed by atoms with Crippen LogP contribution in [-0.4, -0.2) is 70.5 Å². The molecule has 3 saturated carbocycles. The van der Waals surface area contributed by atoms with Crippen LogP contribution in [0.1, 0.15) is 65.5 Å². The Morgan fingerprint density at radius 3 is 2.45 bits per heavy atom. The third-order valence-corrected chi connectivity index (χ3v) is 11.1. The second-order valence-corrected chi connectivity index (χ2v) is 13.3. The molecule has 1 aromatic heterocycles. The molecule has 2 aliphatic heterocycles. The molecule has 1 spiro atoms. The third kappa shape index (κ3) is 3.01. The zero-order valence-corrected chi connectivity index (χ0v) is 23.5. The van der Waals surface area contributed by atoms with Gasteiger partial charge in [0.25, 0.3) is 0 Å². The van der Waals surface area contributed by atoms with Crippen molar-refractivity contribution in [2.75, 3.05) is 7.11 Å². The lowest BCUT2D eigenvalue weighted by molar-refractivity contribution is -0.260. The van der Waals surface area contributed by atoms with Crippen LogP contribution in [0.2, 0.25) is 0 Å². The highest BCUT2D eigenvalue weighted by Crippen LogP contribution is 2.78. The Bertz CT molecular complexity index is 1290. The zero-order valence-electron chi connectivity index (χ0n) is 23.5. The number of ketones is 1. The van der Waals surface area contributed by atoms with Gasteiger partial charge in [-0.15, -0.1) is 0 Å². The summed E-state index contributed by atoms with van der Waals surface area (Å²) in [6.45, 7) is 8.18. The van der Waals surface area contributed by atoms with E-state index in [0.29, 0.717) is 18.4 Å². The van der Waals surface area contributed by atoms with Crippen LogP contribution in [0.4, 0.5) is 0 Å². The predicted octanol–water partition coefficient (Wildman–Crippen LogP) is 1.88. The van der Waals surface area contributed by atoms with Crippen molar-refractivity contribution in [3.05, 3.63) is 24.2 Å². The van der Waals surface area contributed by atoms with E-state index in [1.165, 1.54) is 19.5 Å². The summed E-state index contributed by atoms with van der Waals surface area (Å²) in [7, 11) is 1.14. The number of ether oxygens (including phenoxy) is 4. The molecule has 11 nitrogen and oxygen atoms in total. The summed E-state index contributed by atoms with van der Waals surface area (Å²) in [5, 5.41) is 23.8. The van der Waals surface area contributed by atoms with E-state index >= 15 is 0 Å². The SMILES string of the molecule is COC(=O)[C@H](O)[C@H]1C(C)(C)[C@H](OC(C)=O)[C@@]2(O)C(=O)[C@]1(C)[C@@H]1CC[C@]3(C)[C@@H](CC(=O)O[C@H]3c3ccoc3)[C@]13O[C@H]23. The van der Waals surface area contributed by atoms with Crippen LogP contribution in [0.5, 0.6) is 0 Å². The maximum Gasteiger partial charge on any atom is 0.335 e. The molecule has 1 aromatic rings. The summed E-state index contributed by atoms with van der Waals surface area (Å²) in [6, 6.07) is 1.75. The summed E-state index contributed by atoms with van der Waals surface area (Å²) in [5.41, 5.74) is -6.16. The van der Waals surface area contributed by atoms with E-state index in [1.54, 1.807) is 26.8 Å². The van der Waals surface area contributed by atoms with Crippen molar-refractivity contribution >= 4 is 23.7 Å². The normalized spacial score (nSPS) is 47.1. The maximum absolute atomic E-state index is 14.5. The number of fused-ring (bicyclic) bond motifs is 5. The van der Waals surface area contributed by atoms with E-state index in [0.717, 1.165) is 7.11 Å². The number of carbonyl (C=O) groups excluding carboxylic acids is 4. The van der Waals surface area contributed by atoms with Gasteiger partial charge in [-0.05, 0) is 18.9 Å². The number of hydrogen-bond donors (Lipinski definition) is 2. The van der Waals surface area contributed by atoms with Gasteiger partial charge in [-0.25, -0.2) is 4.79 Å². The summed E-state index contributed by atoms with van der Waals surface area (Å²) >= 11 is 0. The largest absolute Gasteiger partial charge is 0.472 e. The van der Waals surface area contributed by atoms with Crippen molar-refractivity contribution in [1.29, 1.82) is 0 Å². The Kier molecular flexibility index (Phi) is 5.60. The van der Waals surface area contributed by atoms with Crippen molar-refractivity contribution in [1.82, 2.24) is 0 Å². The number of Topliss-reactive ketones (excluding diaryl/α,β-unsaturated/α-hetero) is 1. The number of epoxide rings is 1. The quantitative estimate of drug-likeness (QED) is 0.314. The minimum Gasteiger partial charge on any atom is -0.472 e. The molecule has 6 rings (SSSR count). The first-order valence-electron chi connectivity index (χ1n) is 13.7. The summed E-state index contributed by atoms with van der Waals surface area (Å²) in [6.07, 6.45) is -0.893. The van der Waals surface area contributed by atoms with Crippen molar-refractivity contribution in [3.8, 4) is 0 Å². The molecule has 0 unspecified atom stereocenters. The zero-order chi connectivity index (χ0) is 29.2. The molecule has 3 aliphatic carbocycles. The smallest absolute Gasteiger partial charge is 0.335 e. The number of carbonyl (C=O) groups is 4. The first kappa shape index (κ1) is 27.4. The Labute approximate surface area is 231 Å². The van der Waals surface area contributed by atoms with Gasteiger partial charge in [-0.1, -0.05) is 27.7 Å². The van der Waals surface area contributed by atoms with Crippen molar-refractivity contribution in [2.24, 2.45) is 34.0 Å². The third-order valence-electron chi connectivity index (χ3n) is 11.1. The number of cyclic esters (lactones) is 1. The summed E-state index contributed by atoms with van der Waals surface area (Å²) in [5.74, 6) is -4.92. The van der Waals surface area contributed by atoms with E-state index in [1.807, 2.05) is 6.92 Å². The second kappa shape index (κ2) is 8.17. The number of aliphatic hydroxyl groups excluding tert-OH is 1. The first-order chi connectivity index (χ1) is 18.6. The van der Waals surface area contributed by atoms with Gasteiger partial charge in [0.1, 0.15) is 23.9 Å². The van der Waals surface area contributed by atoms with Crippen LogP contribution in [0.15, 0.2) is 23.0 Å². The van der Waals surface area contributed by atoms with Crippen LogP contribution < -0.4 is 0 Å². The number of esters is 3. The Morgan fingerprint density at radius 1 is 1.15 bits per heavy atom. The van der Waals surface area contributed by atoms with Crippen molar-refractivity contribution < 1.29 is 52.8 Å². The van der Waals surface area contributed by atoms with E-state index < -0.39 is 93.3 Å². The number of rotatable bonds is 4. The van der Waals surface area contributed by atoms with Crippen LogP contribution in [-0.2, 0) is 38.1 Å². The lowest BCUT2D eigenvalue weighted by Gasteiger charge is -2.67. The van der Waals surface area contributed by atoms with Gasteiger partial charge in [0.2, 0.25) is 0 Å². The first-order valence-corrected chi connectivity index (χ1v) is 13.7. The Balaban J connectivity index is 1.56. The molecule has 2 saturated heterocycles. The fourth-order valence-electron chi connectivity index (χ4n) is 9.80. The van der Waals surface area contributed by atoms with Gasteiger partial charge in [0.15, 0.2) is 17.5 Å². The lowest BCUT2D eigenvalue weighted by atomic mass is 9.36. The number of aliphatic hydroxyl groups is 2. The van der Waals surface area contributed by atoms with Gasteiger partial charge in [-0.3, -0.25) is 14.4 Å². The van der Waals surface area contributed by atoms with Gasteiger partial charge in [-0.2, -0.15) is 0 Å². The van der Waals surface area contributed by atoms with Crippen LogP contribution in [0.25, 0.3) is 0 Å². The average molecular weight is 561 g/mol. The van der Waals surface area contributed by atoms with Gasteiger partial charge in [0, 0.05) is 46.5 Å². The molecular weight excluding hydrogens is 524 g/mol. The van der Waals surface area contributed by atoms with Gasteiger partial charge in [0.05, 0.1) is 26.1 Å². The topological polar surface area (TPSA) is 162 Å². The number of methoxy groups -OCH3 is 1. The minimum atomic E-state index is -2.28. The van der Waals surface area contributed by atoms with Crippen molar-refractivity contribution in [2.45, 2.75) is 89.5 Å². The van der Waals surface area contributed by atoms with Crippen LogP contribution >= 0.6 is 0 Å². The van der Waals surface area contributed by atoms with E-state index in [2.05, 4.69) is 0 Å². The van der Waals surface area contributed by atoms with Crippen LogP contribution in [0.3, 0.4) is 0 Å². The maximum atomic E-state index is 14.5. The molecule has 2 bridgehead atoms. The molecule has 2 N–H and O–H groups in total. The van der Waals surface area contributed by atoms with E-state index in [-0.39, 0.29) is 6.42 Å². The molecule has 218 valence electrons. The molecule has 3 heterocycles. The molecule has 0 radical (unpaired) electrons. The summed E-state index contributed by atoms with van der Waals surface area (Å²) < 4.78 is 28.2. The molecular formula is C29H36O11. The predicted molar refractivity (Wildman–Crippen MR) is 133 cm³/mol. The molecule has 40 heavy (non-hydrogen) atoms. The second-order valence-electron chi connectivity index (χ2n) is 13.3. The van der Waals surface area contributed by atoms with E-state index in [9.17, 15) is 29.4 Å². The molecule has 5 fully saturated rings. The highest BCUT2D eigenvalue weighted by atomic mass is 16.6. The summed E-state index contributed by atoms with van der Waals surface area (Å²) in [4.78, 5) is 52.7. The lowest BCUT2D eigenvalue weighted by Crippen LogP contribution is -2.81. The van der Waals surface area contributed by atoms with Crippen LogP contribution in [0, 0.1) is 34.0 Å². The molecule has 0 amide bonds. The fraction of sp³-hybridized carbons (Fsp3) is 0.724. The Morgan fingerprint density at radius 2 is 1.85 bits per heavy atom. The standard InChI is InChI=1S/C29H36O11/c1-13(30)38-23-25(2,3)19(18(32)21(33)36-6)27(5)15-7-9-26(4)16(29(15)24(40-29)28(23,35)22(27)34)11-17(31)39-20(26)14-8-10-37-12-14/h8,10,12,15-16,18-20,23-24,32,35H,7,9,11H2,1-6H3/t15-,16+,18+,19-,20-,23-,24+,26+,27+,28-,29+/m0/s1. The molecule has 11 atom stereocenters. The van der Waals surface area contributed by atoms with Gasteiger partial charge >= 0.3 is 17.9 Å². The molecule has 0 aromatic carbocycles. The average Bonchev–Trinajstić information content (AvgIpc) is 3.37.